The number of H-pyrrole nitrogens is 1. The Balaban J connectivity index is 1.21. The molecule has 3 atom stereocenters. The van der Waals surface area contributed by atoms with Gasteiger partial charge in [-0.15, -0.1) is 0 Å². The van der Waals surface area contributed by atoms with E-state index in [9.17, 15) is 10.1 Å². The summed E-state index contributed by atoms with van der Waals surface area (Å²) in [6.07, 6.45) is 10.8. The van der Waals surface area contributed by atoms with Crippen LogP contribution < -0.4 is 0 Å². The molecule has 1 amide bonds. The number of likely N-dealkylation sites (tertiary alicyclic amines) is 1. The van der Waals surface area contributed by atoms with Gasteiger partial charge in [0.2, 0.25) is 5.82 Å². The summed E-state index contributed by atoms with van der Waals surface area (Å²) in [5.41, 5.74) is 7.77. The van der Waals surface area contributed by atoms with Gasteiger partial charge in [0, 0.05) is 65.2 Å². The number of hydrogen-bond acceptors (Lipinski definition) is 6. The molecule has 1 N–H and O–H groups in total. The highest BCUT2D eigenvalue weighted by Gasteiger charge is 2.43. The average molecular weight is 647 g/mol. The molecular weight excluding hydrogens is 612 g/mol. The lowest BCUT2D eigenvalue weighted by atomic mass is 9.84. The maximum atomic E-state index is 13.6. The van der Waals surface area contributed by atoms with Crippen molar-refractivity contribution in [1.82, 2.24) is 44.2 Å². The molecule has 4 aromatic heterocycles. The first-order valence-electron chi connectivity index (χ1n) is 16.1. The molecule has 2 aromatic carbocycles. The number of rotatable bonds is 5. The molecule has 12 heteroatoms. The number of benzene rings is 2. The van der Waals surface area contributed by atoms with E-state index in [1.54, 1.807) is 6.20 Å². The van der Waals surface area contributed by atoms with E-state index in [1.165, 1.54) is 10.8 Å². The molecule has 1 saturated carbocycles. The molecule has 3 unspecified atom stereocenters. The topological polar surface area (TPSA) is 126 Å². The quantitative estimate of drug-likeness (QED) is 0.214. The van der Waals surface area contributed by atoms with Crippen LogP contribution in [-0.4, -0.2) is 62.8 Å². The number of hydrogen-bond donors (Lipinski definition) is 1. The second-order valence-electron chi connectivity index (χ2n) is 13.1. The van der Waals surface area contributed by atoms with Crippen LogP contribution in [0.25, 0.3) is 44.2 Å². The van der Waals surface area contributed by atoms with Gasteiger partial charge >= 0.3 is 6.03 Å². The number of nitrogens with zero attached hydrogens (tertiary/aromatic N) is 9. The number of halogens is 1. The molecule has 0 spiro atoms. The normalized spacial score (nSPS) is 19.0. The lowest BCUT2D eigenvalue weighted by Gasteiger charge is -2.41. The van der Waals surface area contributed by atoms with E-state index >= 15 is 0 Å². The van der Waals surface area contributed by atoms with Crippen molar-refractivity contribution in [3.8, 4) is 28.5 Å². The van der Waals surface area contributed by atoms with Crippen molar-refractivity contribution in [2.45, 2.75) is 58.5 Å². The van der Waals surface area contributed by atoms with E-state index in [4.69, 9.17) is 16.7 Å². The Morgan fingerprint density at radius 3 is 2.77 bits per heavy atom. The second-order valence-corrected chi connectivity index (χ2v) is 13.5. The van der Waals surface area contributed by atoms with Crippen LogP contribution in [0.4, 0.5) is 4.79 Å². The fourth-order valence-corrected chi connectivity index (χ4v) is 7.93. The third-order valence-electron chi connectivity index (χ3n) is 10.4. The number of piperidine rings is 1. The Morgan fingerprint density at radius 1 is 1.15 bits per heavy atom. The van der Waals surface area contributed by atoms with Crippen molar-refractivity contribution < 1.29 is 4.79 Å². The van der Waals surface area contributed by atoms with Gasteiger partial charge in [-0.25, -0.2) is 14.3 Å². The molecule has 5 heterocycles. The number of nitriles is 1. The summed E-state index contributed by atoms with van der Waals surface area (Å²) in [6.45, 7) is 7.02. The third kappa shape index (κ3) is 4.73. The number of aryl methyl sites for hydroxylation is 2. The van der Waals surface area contributed by atoms with Crippen molar-refractivity contribution in [3.05, 3.63) is 71.2 Å². The van der Waals surface area contributed by atoms with Crippen LogP contribution in [0.2, 0.25) is 5.02 Å². The Bertz CT molecular complexity index is 2230. The average Bonchev–Trinajstić information content (AvgIpc) is 3.36. The zero-order valence-electron chi connectivity index (χ0n) is 26.8. The number of carbonyl (C=O) groups excluding carboxylic acids is 1. The summed E-state index contributed by atoms with van der Waals surface area (Å²) in [5, 5.41) is 29.5. The monoisotopic (exact) mass is 646 g/mol. The Labute approximate surface area is 276 Å². The van der Waals surface area contributed by atoms with Crippen LogP contribution >= 0.6 is 11.6 Å². The minimum absolute atomic E-state index is 0.0643. The maximum absolute atomic E-state index is 13.6. The summed E-state index contributed by atoms with van der Waals surface area (Å²) < 4.78 is 5.44. The van der Waals surface area contributed by atoms with Crippen molar-refractivity contribution in [2.75, 3.05) is 6.54 Å². The van der Waals surface area contributed by atoms with Gasteiger partial charge in [-0.1, -0.05) is 17.7 Å². The summed E-state index contributed by atoms with van der Waals surface area (Å²) >= 11 is 7.15. The van der Waals surface area contributed by atoms with Crippen molar-refractivity contribution >= 4 is 39.4 Å². The van der Waals surface area contributed by atoms with E-state index in [0.717, 1.165) is 81.1 Å². The molecule has 1 aliphatic heterocycles. The number of aromatic amines is 1. The number of amides is 1. The van der Waals surface area contributed by atoms with Gasteiger partial charge in [0.05, 0.1) is 34.5 Å². The number of nitrogens with one attached hydrogen (secondary N) is 1. The van der Waals surface area contributed by atoms with Gasteiger partial charge in [0.15, 0.2) is 0 Å². The SMILES string of the molecule is Cc1cc2[nH]ncc2c(-c2c(-c3ccc4c(cnn4C)c3)nn(C(C)C3CCN(C(=O)n4ccnc4C#N)C(C4CC4)C3)c2C)c1Cl. The fourth-order valence-electron chi connectivity index (χ4n) is 7.68. The summed E-state index contributed by atoms with van der Waals surface area (Å²) in [6, 6.07) is 10.4. The zero-order valence-corrected chi connectivity index (χ0v) is 27.5. The van der Waals surface area contributed by atoms with E-state index in [2.05, 4.69) is 57.0 Å². The minimum Gasteiger partial charge on any atom is -0.321 e. The molecule has 6 aromatic rings. The summed E-state index contributed by atoms with van der Waals surface area (Å²) in [7, 11) is 1.95. The van der Waals surface area contributed by atoms with Gasteiger partial charge in [0.1, 0.15) is 11.8 Å². The van der Waals surface area contributed by atoms with Gasteiger partial charge in [-0.3, -0.25) is 14.5 Å². The second kappa shape index (κ2) is 11.1. The molecule has 8 rings (SSSR count). The molecule has 47 heavy (non-hydrogen) atoms. The molecular formula is C35H35ClN10O. The van der Waals surface area contributed by atoms with Crippen molar-refractivity contribution in [2.24, 2.45) is 18.9 Å². The predicted molar refractivity (Wildman–Crippen MR) is 180 cm³/mol. The third-order valence-corrected chi connectivity index (χ3v) is 10.9. The van der Waals surface area contributed by atoms with Crippen LogP contribution in [0.3, 0.4) is 0 Å². The first kappa shape index (κ1) is 29.5. The summed E-state index contributed by atoms with van der Waals surface area (Å²) in [5.74, 6) is 0.891. The van der Waals surface area contributed by atoms with Crippen LogP contribution in [0.1, 0.15) is 55.7 Å². The smallest absolute Gasteiger partial charge is 0.321 e. The molecule has 11 nitrogen and oxygen atoms in total. The molecule has 0 bridgehead atoms. The number of aromatic nitrogens is 8. The van der Waals surface area contributed by atoms with Crippen molar-refractivity contribution in [1.29, 1.82) is 5.26 Å². The fraction of sp³-hybridized carbons (Fsp3) is 0.371. The van der Waals surface area contributed by atoms with Crippen molar-refractivity contribution in [3.63, 3.8) is 0 Å². The molecule has 0 radical (unpaired) electrons. The van der Waals surface area contributed by atoms with E-state index < -0.39 is 0 Å². The maximum Gasteiger partial charge on any atom is 0.330 e. The van der Waals surface area contributed by atoms with Crippen LogP contribution in [0.15, 0.2) is 49.1 Å². The Morgan fingerprint density at radius 2 is 1.98 bits per heavy atom. The zero-order chi connectivity index (χ0) is 32.6. The van der Waals surface area contributed by atoms with Crippen LogP contribution in [0.5, 0.6) is 0 Å². The van der Waals surface area contributed by atoms with Gasteiger partial charge in [0.25, 0.3) is 0 Å². The molecule has 2 aliphatic rings. The number of fused-ring (bicyclic) bond motifs is 2. The van der Waals surface area contributed by atoms with Gasteiger partial charge < -0.3 is 4.90 Å². The summed E-state index contributed by atoms with van der Waals surface area (Å²) in [4.78, 5) is 19.7. The highest BCUT2D eigenvalue weighted by molar-refractivity contribution is 6.36. The first-order valence-corrected chi connectivity index (χ1v) is 16.5. The Kier molecular flexibility index (Phi) is 6.95. The van der Waals surface area contributed by atoms with Crippen LogP contribution in [0, 0.1) is 37.0 Å². The lowest BCUT2D eigenvalue weighted by molar-refractivity contribution is 0.0965. The number of carbonyl (C=O) groups is 1. The molecule has 1 aliphatic carbocycles. The van der Waals surface area contributed by atoms with Crippen LogP contribution in [-0.2, 0) is 7.05 Å². The van der Waals surface area contributed by atoms with E-state index in [0.29, 0.717) is 23.4 Å². The highest BCUT2D eigenvalue weighted by atomic mass is 35.5. The molecule has 2 fully saturated rings. The standard InChI is InChI=1S/C35H35ClN10O/c1-19-13-27-26(18-39-41-27)32(33(19)36)31-21(3)46(42-34(31)24-7-8-28-25(14-24)17-40-43(28)4)20(2)23-9-11-44(29(15-23)22-5-6-22)35(47)45-12-10-38-30(45)16-37/h7-8,10,12-14,17-18,20,22-23,29H,5-6,9,11,15H2,1-4H3,(H,39,41). The first-order chi connectivity index (χ1) is 22.7. The predicted octanol–water partition coefficient (Wildman–Crippen LogP) is 7.04. The van der Waals surface area contributed by atoms with Gasteiger partial charge in [-0.2, -0.15) is 20.6 Å². The number of imidazole rings is 1. The van der Waals surface area contributed by atoms with E-state index in [1.807, 2.05) is 48.1 Å². The van der Waals surface area contributed by atoms with E-state index in [-0.39, 0.29) is 23.9 Å². The lowest BCUT2D eigenvalue weighted by Crippen LogP contribution is -2.50. The largest absolute Gasteiger partial charge is 0.330 e. The Hall–Kier alpha value is -4.95. The highest BCUT2D eigenvalue weighted by Crippen LogP contribution is 2.47. The van der Waals surface area contributed by atoms with Gasteiger partial charge in [-0.05, 0) is 82.1 Å². The molecule has 238 valence electrons. The molecule has 1 saturated heterocycles. The minimum atomic E-state index is -0.161.